The molecule has 0 amide bonds. The average molecular weight is 293 g/mol. The van der Waals surface area contributed by atoms with E-state index >= 15 is 0 Å². The molecule has 0 saturated carbocycles. The molecule has 0 aliphatic carbocycles. The van der Waals surface area contributed by atoms with Crippen molar-refractivity contribution in [1.82, 2.24) is 0 Å². The van der Waals surface area contributed by atoms with Crippen molar-refractivity contribution in [2.75, 3.05) is 0 Å². The van der Waals surface area contributed by atoms with Gasteiger partial charge < -0.3 is 0 Å². The van der Waals surface area contributed by atoms with Crippen molar-refractivity contribution in [3.8, 4) is 0 Å². The van der Waals surface area contributed by atoms with Crippen molar-refractivity contribution in [3.05, 3.63) is 77.5 Å². The topological polar surface area (TPSA) is 0 Å². The average Bonchev–Trinajstić information content (AvgIpc) is 2.38. The summed E-state index contributed by atoms with van der Waals surface area (Å²) < 4.78 is 2.87. The summed E-state index contributed by atoms with van der Waals surface area (Å²) in [5.74, 6) is 0. The summed E-state index contributed by atoms with van der Waals surface area (Å²) in [6, 6.07) is 20.4. The van der Waals surface area contributed by atoms with Crippen molar-refractivity contribution >= 4 is 9.84 Å². The van der Waals surface area contributed by atoms with E-state index in [4.69, 9.17) is 0 Å². The van der Waals surface area contributed by atoms with Gasteiger partial charge in [0.05, 0.1) is 0 Å². The van der Waals surface area contributed by atoms with Crippen molar-refractivity contribution in [2.24, 2.45) is 0 Å². The zero-order valence-corrected chi connectivity index (χ0v) is 10.2. The minimum absolute atomic E-state index is 1.06. The fourth-order valence-electron chi connectivity index (χ4n) is 1.56. The molecule has 0 heterocycles. The molecule has 0 atom stereocenters. The first-order valence-electron chi connectivity index (χ1n) is 4.99. The standard InChI is InChI=1S/C15H10.Rh/c1-2-15(13-9-5-3-6-10-13)14-11-7-4-8-12-14;/h3-12H;. The Balaban J connectivity index is 2.58. The second-order valence-corrected chi connectivity index (χ2v) is 3.73. The van der Waals surface area contributed by atoms with E-state index in [0.29, 0.717) is 0 Å². The van der Waals surface area contributed by atoms with Gasteiger partial charge in [0.2, 0.25) is 0 Å². The van der Waals surface area contributed by atoms with Crippen LogP contribution < -0.4 is 0 Å². The number of benzene rings is 2. The summed E-state index contributed by atoms with van der Waals surface area (Å²) in [4.78, 5) is 0. The molecule has 0 fully saturated rings. The van der Waals surface area contributed by atoms with Crippen molar-refractivity contribution in [1.29, 1.82) is 0 Å². The predicted molar refractivity (Wildman–Crippen MR) is 63.9 cm³/mol. The van der Waals surface area contributed by atoms with Gasteiger partial charge in [0.25, 0.3) is 0 Å². The molecule has 0 nitrogen and oxygen atoms in total. The number of hydrogen-bond donors (Lipinski definition) is 0. The summed E-state index contributed by atoms with van der Waals surface area (Å²) in [7, 11) is 0. The molecule has 0 radical (unpaired) electrons. The molecule has 1 heteroatoms. The van der Waals surface area contributed by atoms with Crippen LogP contribution >= 0.6 is 0 Å². The second kappa shape index (κ2) is 5.54. The normalized spacial score (nSPS) is 9.06. The van der Waals surface area contributed by atoms with Gasteiger partial charge >= 0.3 is 105 Å². The zero-order chi connectivity index (χ0) is 11.2. The Morgan fingerprint density at radius 2 is 1.19 bits per heavy atom. The summed E-state index contributed by atoms with van der Waals surface area (Å²) in [6.07, 6.45) is 0. The van der Waals surface area contributed by atoms with Crippen LogP contribution in [0.25, 0.3) is 5.57 Å². The molecule has 16 heavy (non-hydrogen) atoms. The fourth-order valence-corrected chi connectivity index (χ4v) is 1.77. The fraction of sp³-hybridized carbons (Fsp3) is 0. The molecule has 0 bridgehead atoms. The molecular weight excluding hydrogens is 283 g/mol. The van der Waals surface area contributed by atoms with E-state index in [9.17, 15) is 0 Å². The first kappa shape index (κ1) is 11.0. The van der Waals surface area contributed by atoms with E-state index in [1.165, 1.54) is 0 Å². The van der Waals surface area contributed by atoms with Gasteiger partial charge in [0, 0.05) is 0 Å². The maximum atomic E-state index is 3.13. The molecule has 0 N–H and O–H groups in total. The van der Waals surface area contributed by atoms with Crippen molar-refractivity contribution in [2.45, 2.75) is 0 Å². The van der Waals surface area contributed by atoms with Crippen LogP contribution in [0.2, 0.25) is 0 Å². The zero-order valence-electron chi connectivity index (χ0n) is 8.61. The first-order valence-corrected chi connectivity index (χ1v) is 5.81. The molecule has 2 rings (SSSR count). The minimum atomic E-state index is 1.06. The maximum absolute atomic E-state index is 3.13. The number of hydrogen-bond acceptors (Lipinski definition) is 0. The second-order valence-electron chi connectivity index (χ2n) is 3.32. The summed E-state index contributed by atoms with van der Waals surface area (Å²) in [5, 5.41) is 0. The molecule has 0 aromatic heterocycles. The van der Waals surface area contributed by atoms with Gasteiger partial charge in [-0.15, -0.1) is 0 Å². The Kier molecular flexibility index (Phi) is 3.81. The van der Waals surface area contributed by atoms with Crippen molar-refractivity contribution in [3.63, 3.8) is 0 Å². The van der Waals surface area contributed by atoms with E-state index in [1.54, 1.807) is 0 Å². The molecule has 0 spiro atoms. The number of rotatable bonds is 2. The molecule has 0 saturated heterocycles. The Morgan fingerprint density at radius 1 is 0.750 bits per heavy atom. The Hall–Kier alpha value is -1.51. The predicted octanol–water partition coefficient (Wildman–Crippen LogP) is 3.22. The van der Waals surface area contributed by atoms with Gasteiger partial charge in [-0.25, -0.2) is 0 Å². The van der Waals surface area contributed by atoms with Gasteiger partial charge in [-0.1, -0.05) is 0 Å². The van der Waals surface area contributed by atoms with Crippen LogP contribution in [0, 0.1) is 0 Å². The molecule has 0 unspecified atom stereocenters. The van der Waals surface area contributed by atoms with Crippen molar-refractivity contribution < 1.29 is 17.9 Å². The Morgan fingerprint density at radius 3 is 1.56 bits per heavy atom. The summed E-state index contributed by atoms with van der Waals surface area (Å²) in [5.41, 5.74) is 6.50. The van der Waals surface area contributed by atoms with Crippen LogP contribution in [-0.2, 0) is 17.9 Å². The van der Waals surface area contributed by atoms with Crippen LogP contribution in [0.4, 0.5) is 0 Å². The summed E-state index contributed by atoms with van der Waals surface area (Å²) in [6.45, 7) is 0. The third kappa shape index (κ3) is 2.54. The molecule has 0 aliphatic rings. The van der Waals surface area contributed by atoms with E-state index in [-0.39, 0.29) is 0 Å². The van der Waals surface area contributed by atoms with Gasteiger partial charge in [-0.3, -0.25) is 0 Å². The van der Waals surface area contributed by atoms with Crippen LogP contribution in [0.5, 0.6) is 0 Å². The van der Waals surface area contributed by atoms with Gasteiger partial charge in [-0.2, -0.15) is 0 Å². The third-order valence-electron chi connectivity index (χ3n) is 2.29. The SMILES string of the molecule is [Rh]=[C]=C=C(c1ccccc1)c1ccccc1. The molecule has 79 valence electrons. The van der Waals surface area contributed by atoms with E-state index < -0.39 is 0 Å². The van der Waals surface area contributed by atoms with E-state index in [0.717, 1.165) is 16.7 Å². The van der Waals surface area contributed by atoms with Crippen LogP contribution in [0.15, 0.2) is 66.4 Å². The Bertz CT molecular complexity index is 501. The quantitative estimate of drug-likeness (QED) is 0.589. The molecular formula is C15H10Rh. The van der Waals surface area contributed by atoms with Crippen LogP contribution in [-0.4, -0.2) is 4.26 Å². The van der Waals surface area contributed by atoms with Gasteiger partial charge in [-0.05, 0) is 0 Å². The summed E-state index contributed by atoms with van der Waals surface area (Å²) >= 11 is 2.63. The van der Waals surface area contributed by atoms with Crippen LogP contribution in [0.1, 0.15) is 11.1 Å². The van der Waals surface area contributed by atoms with E-state index in [1.807, 2.05) is 36.4 Å². The molecule has 2 aromatic rings. The van der Waals surface area contributed by atoms with E-state index in [2.05, 4.69) is 52.1 Å². The molecule has 0 aliphatic heterocycles. The van der Waals surface area contributed by atoms with Gasteiger partial charge in [0.1, 0.15) is 0 Å². The molecule has 2 aromatic carbocycles. The third-order valence-corrected chi connectivity index (χ3v) is 2.50. The Labute approximate surface area is 105 Å². The monoisotopic (exact) mass is 293 g/mol. The van der Waals surface area contributed by atoms with Gasteiger partial charge in [0.15, 0.2) is 0 Å². The first-order chi connectivity index (χ1) is 7.92. The van der Waals surface area contributed by atoms with Crippen LogP contribution in [0.3, 0.4) is 0 Å².